The van der Waals surface area contributed by atoms with Crippen LogP contribution in [0.5, 0.6) is 0 Å². The van der Waals surface area contributed by atoms with Crippen LogP contribution in [0.3, 0.4) is 0 Å². The second kappa shape index (κ2) is 7.38. The predicted molar refractivity (Wildman–Crippen MR) is 99.1 cm³/mol. The van der Waals surface area contributed by atoms with E-state index in [1.165, 1.54) is 7.05 Å². The molecule has 2 aliphatic rings. The number of hydrogen-bond acceptors (Lipinski definition) is 4. The third kappa shape index (κ3) is 3.79. The van der Waals surface area contributed by atoms with Crippen LogP contribution in [-0.2, 0) is 9.59 Å². The molecule has 2 fully saturated rings. The van der Waals surface area contributed by atoms with Crippen LogP contribution in [0.15, 0.2) is 24.3 Å². The Kier molecular flexibility index (Phi) is 5.16. The van der Waals surface area contributed by atoms with E-state index >= 15 is 0 Å². The summed E-state index contributed by atoms with van der Waals surface area (Å²) in [5, 5.41) is 7.96. The lowest BCUT2D eigenvalue weighted by atomic mass is 9.77. The topological polar surface area (TPSA) is 108 Å². The molecule has 0 atom stereocenters. The molecular weight excluding hydrogens is 348 g/mol. The van der Waals surface area contributed by atoms with E-state index in [0.29, 0.717) is 30.0 Å². The average Bonchev–Trinajstić information content (AvgIpc) is 2.88. The molecule has 1 aliphatic heterocycles. The van der Waals surface area contributed by atoms with E-state index in [4.69, 9.17) is 0 Å². The first-order valence-electron chi connectivity index (χ1n) is 9.11. The molecule has 1 aliphatic carbocycles. The molecule has 1 aromatic carbocycles. The van der Waals surface area contributed by atoms with Crippen LogP contribution in [0.4, 0.5) is 10.5 Å². The Labute approximate surface area is 157 Å². The summed E-state index contributed by atoms with van der Waals surface area (Å²) in [7, 11) is 1.54. The SMILES string of the molecule is CNC(=O)c1ccc(NC(=O)CN2C(=O)NC3(CCC(C)CC3)C2=O)cc1. The van der Waals surface area contributed by atoms with Crippen molar-refractivity contribution < 1.29 is 19.2 Å². The third-order valence-corrected chi connectivity index (χ3v) is 5.33. The fraction of sp³-hybridized carbons (Fsp3) is 0.474. The maximum Gasteiger partial charge on any atom is 0.325 e. The van der Waals surface area contributed by atoms with Gasteiger partial charge in [-0.3, -0.25) is 19.3 Å². The van der Waals surface area contributed by atoms with Crippen molar-refractivity contribution in [1.82, 2.24) is 15.5 Å². The van der Waals surface area contributed by atoms with Gasteiger partial charge in [0.25, 0.3) is 11.8 Å². The van der Waals surface area contributed by atoms with E-state index in [0.717, 1.165) is 17.7 Å². The zero-order chi connectivity index (χ0) is 19.6. The van der Waals surface area contributed by atoms with Crippen LogP contribution < -0.4 is 16.0 Å². The van der Waals surface area contributed by atoms with Crippen LogP contribution in [0.1, 0.15) is 43.0 Å². The number of nitrogens with zero attached hydrogens (tertiary/aromatic N) is 1. The second-order valence-corrected chi connectivity index (χ2v) is 7.29. The number of carbonyl (C=O) groups excluding carboxylic acids is 4. The van der Waals surface area contributed by atoms with Crippen molar-refractivity contribution in [2.24, 2.45) is 5.92 Å². The number of anilines is 1. The maximum atomic E-state index is 12.8. The van der Waals surface area contributed by atoms with Crippen molar-refractivity contribution in [2.75, 3.05) is 18.9 Å². The van der Waals surface area contributed by atoms with Crippen molar-refractivity contribution in [3.05, 3.63) is 29.8 Å². The first-order valence-corrected chi connectivity index (χ1v) is 9.11. The molecule has 8 nitrogen and oxygen atoms in total. The lowest BCUT2D eigenvalue weighted by Gasteiger charge is -2.33. The Bertz CT molecular complexity index is 766. The lowest BCUT2D eigenvalue weighted by molar-refractivity contribution is -0.135. The molecule has 27 heavy (non-hydrogen) atoms. The van der Waals surface area contributed by atoms with Crippen LogP contribution >= 0.6 is 0 Å². The summed E-state index contributed by atoms with van der Waals surface area (Å²) in [4.78, 5) is 49.8. The van der Waals surface area contributed by atoms with Gasteiger partial charge in [0, 0.05) is 18.3 Å². The van der Waals surface area contributed by atoms with Crippen molar-refractivity contribution in [1.29, 1.82) is 0 Å². The molecule has 0 unspecified atom stereocenters. The van der Waals surface area contributed by atoms with Crippen LogP contribution in [0.2, 0.25) is 0 Å². The lowest BCUT2D eigenvalue weighted by Crippen LogP contribution is -2.49. The van der Waals surface area contributed by atoms with Crippen molar-refractivity contribution in [2.45, 2.75) is 38.1 Å². The number of amides is 5. The number of urea groups is 1. The quantitative estimate of drug-likeness (QED) is 0.696. The standard InChI is InChI=1S/C19H24N4O4/c1-12-7-9-19(10-8-12)17(26)23(18(27)22-19)11-15(24)21-14-5-3-13(4-6-14)16(25)20-2/h3-6,12H,7-11H2,1-2H3,(H,20,25)(H,21,24)(H,22,27). The summed E-state index contributed by atoms with van der Waals surface area (Å²) in [5.41, 5.74) is 0.109. The molecule has 0 radical (unpaired) electrons. The minimum absolute atomic E-state index is 0.223. The normalized spacial score (nSPS) is 24.7. The molecule has 8 heteroatoms. The smallest absolute Gasteiger partial charge is 0.325 e. The second-order valence-electron chi connectivity index (χ2n) is 7.29. The first-order chi connectivity index (χ1) is 12.8. The molecule has 1 aromatic rings. The van der Waals surface area contributed by atoms with E-state index in [2.05, 4.69) is 22.9 Å². The first kappa shape index (κ1) is 18.9. The molecule has 0 bridgehead atoms. The van der Waals surface area contributed by atoms with E-state index in [1.54, 1.807) is 24.3 Å². The van der Waals surface area contributed by atoms with Crippen molar-refractivity contribution in [3.8, 4) is 0 Å². The molecule has 0 aromatic heterocycles. The van der Waals surface area contributed by atoms with Gasteiger partial charge in [-0.05, 0) is 55.9 Å². The fourth-order valence-electron chi connectivity index (χ4n) is 3.61. The zero-order valence-electron chi connectivity index (χ0n) is 15.5. The van der Waals surface area contributed by atoms with Crippen LogP contribution in [-0.4, -0.2) is 47.8 Å². The summed E-state index contributed by atoms with van der Waals surface area (Å²) in [6.07, 6.45) is 2.98. The Morgan fingerprint density at radius 2 is 1.81 bits per heavy atom. The molecular formula is C19H24N4O4. The van der Waals surface area contributed by atoms with Gasteiger partial charge in [0.15, 0.2) is 0 Å². The van der Waals surface area contributed by atoms with E-state index < -0.39 is 17.5 Å². The zero-order valence-corrected chi connectivity index (χ0v) is 15.5. The highest BCUT2D eigenvalue weighted by molar-refractivity contribution is 6.10. The van der Waals surface area contributed by atoms with Crippen LogP contribution in [0.25, 0.3) is 0 Å². The molecule has 1 spiro atoms. The Morgan fingerprint density at radius 3 is 2.41 bits per heavy atom. The Balaban J connectivity index is 1.61. The van der Waals surface area contributed by atoms with Gasteiger partial charge in [-0.1, -0.05) is 6.92 Å². The van der Waals surface area contributed by atoms with Gasteiger partial charge in [0.2, 0.25) is 5.91 Å². The number of nitrogens with one attached hydrogen (secondary N) is 3. The van der Waals surface area contributed by atoms with Gasteiger partial charge in [-0.15, -0.1) is 0 Å². The molecule has 144 valence electrons. The highest BCUT2D eigenvalue weighted by atomic mass is 16.2. The fourth-order valence-corrected chi connectivity index (χ4v) is 3.61. The van der Waals surface area contributed by atoms with Crippen molar-refractivity contribution >= 4 is 29.4 Å². The highest BCUT2D eigenvalue weighted by Crippen LogP contribution is 2.36. The minimum atomic E-state index is -0.848. The number of benzene rings is 1. The molecule has 1 saturated carbocycles. The summed E-state index contributed by atoms with van der Waals surface area (Å²) in [6, 6.07) is 5.84. The summed E-state index contributed by atoms with van der Waals surface area (Å²) in [5.74, 6) is -0.466. The largest absolute Gasteiger partial charge is 0.355 e. The van der Waals surface area contributed by atoms with Gasteiger partial charge >= 0.3 is 6.03 Å². The van der Waals surface area contributed by atoms with Gasteiger partial charge in [-0.2, -0.15) is 0 Å². The molecule has 5 amide bonds. The summed E-state index contributed by atoms with van der Waals surface area (Å²) in [6.45, 7) is 1.80. The van der Waals surface area contributed by atoms with Crippen molar-refractivity contribution in [3.63, 3.8) is 0 Å². The van der Waals surface area contributed by atoms with Gasteiger partial charge < -0.3 is 16.0 Å². The number of imide groups is 1. The average molecular weight is 372 g/mol. The van der Waals surface area contributed by atoms with Gasteiger partial charge in [0.05, 0.1) is 0 Å². The highest BCUT2D eigenvalue weighted by Gasteiger charge is 2.52. The maximum absolute atomic E-state index is 12.8. The van der Waals surface area contributed by atoms with E-state index in [9.17, 15) is 19.2 Å². The Morgan fingerprint density at radius 1 is 1.19 bits per heavy atom. The number of rotatable bonds is 4. The number of hydrogen-bond donors (Lipinski definition) is 3. The molecule has 1 saturated heterocycles. The summed E-state index contributed by atoms with van der Waals surface area (Å²) < 4.78 is 0. The third-order valence-electron chi connectivity index (χ3n) is 5.33. The van der Waals surface area contributed by atoms with Gasteiger partial charge in [-0.25, -0.2) is 4.79 Å². The Hall–Kier alpha value is -2.90. The molecule has 3 rings (SSSR count). The number of carbonyl (C=O) groups is 4. The summed E-state index contributed by atoms with van der Waals surface area (Å²) >= 11 is 0. The molecule has 3 N–H and O–H groups in total. The molecule has 1 heterocycles. The van der Waals surface area contributed by atoms with E-state index in [-0.39, 0.29) is 18.4 Å². The minimum Gasteiger partial charge on any atom is -0.355 e. The van der Waals surface area contributed by atoms with E-state index in [1.807, 2.05) is 0 Å². The predicted octanol–water partition coefficient (Wildman–Crippen LogP) is 1.49. The van der Waals surface area contributed by atoms with Crippen LogP contribution in [0, 0.1) is 5.92 Å². The monoisotopic (exact) mass is 372 g/mol. The van der Waals surface area contributed by atoms with Gasteiger partial charge in [0.1, 0.15) is 12.1 Å².